The van der Waals surface area contributed by atoms with Gasteiger partial charge in [-0.1, -0.05) is 32.9 Å². The maximum Gasteiger partial charge on any atom is 0.170 e. The topological polar surface area (TPSA) is 29.4 Å². The van der Waals surface area contributed by atoms with Crippen LogP contribution < -0.4 is 0 Å². The van der Waals surface area contributed by atoms with Crippen molar-refractivity contribution < 1.29 is 4.79 Å². The molecule has 0 unspecified atom stereocenters. The third-order valence-corrected chi connectivity index (χ3v) is 2.86. The normalized spacial score (nSPS) is 15.8. The highest BCUT2D eigenvalue weighted by molar-refractivity contribution is 6.16. The first-order valence-corrected chi connectivity index (χ1v) is 5.60. The number of benzene rings is 1. The Hall–Kier alpha value is -1.44. The van der Waals surface area contributed by atoms with E-state index in [2.05, 4.69) is 25.8 Å². The molecular weight excluding hydrogens is 198 g/mol. The van der Waals surface area contributed by atoms with Crippen molar-refractivity contribution >= 4 is 17.2 Å². The van der Waals surface area contributed by atoms with Crippen molar-refractivity contribution in [3.05, 3.63) is 29.3 Å². The number of aliphatic imine (C=N–C) groups is 1. The summed E-state index contributed by atoms with van der Waals surface area (Å²) >= 11 is 0. The van der Waals surface area contributed by atoms with E-state index >= 15 is 0 Å². The lowest BCUT2D eigenvalue weighted by Gasteiger charge is -2.25. The summed E-state index contributed by atoms with van der Waals surface area (Å²) in [5.74, 6) is 0.202. The standard InChI is InChI=1S/C14H17NO/c1-9-8-12(16)13-10(14(2,3)4)6-5-7-11(13)15-9/h5-7H,8H2,1-4H3. The number of Topliss-reactive ketones (excluding diaryl/α,β-unsaturated/α-hetero) is 1. The number of hydrogen-bond acceptors (Lipinski definition) is 2. The first kappa shape index (κ1) is 11.1. The Morgan fingerprint density at radius 1 is 1.25 bits per heavy atom. The lowest BCUT2D eigenvalue weighted by atomic mass is 9.80. The number of ketones is 1. The van der Waals surface area contributed by atoms with Crippen LogP contribution in [0.15, 0.2) is 23.2 Å². The van der Waals surface area contributed by atoms with E-state index in [1.165, 1.54) is 0 Å². The molecule has 1 aromatic carbocycles. The zero-order valence-electron chi connectivity index (χ0n) is 10.3. The van der Waals surface area contributed by atoms with Crippen molar-refractivity contribution in [2.75, 3.05) is 0 Å². The van der Waals surface area contributed by atoms with Crippen LogP contribution in [0.4, 0.5) is 5.69 Å². The van der Waals surface area contributed by atoms with Crippen LogP contribution in [0.5, 0.6) is 0 Å². The molecule has 1 aliphatic heterocycles. The van der Waals surface area contributed by atoms with Gasteiger partial charge in [-0.15, -0.1) is 0 Å². The van der Waals surface area contributed by atoms with Gasteiger partial charge in [0.2, 0.25) is 0 Å². The second-order valence-corrected chi connectivity index (χ2v) is 5.40. The van der Waals surface area contributed by atoms with E-state index in [0.29, 0.717) is 6.42 Å². The third-order valence-electron chi connectivity index (χ3n) is 2.86. The Kier molecular flexibility index (Phi) is 2.45. The number of fused-ring (bicyclic) bond motifs is 1. The van der Waals surface area contributed by atoms with Gasteiger partial charge in [0.25, 0.3) is 0 Å². The summed E-state index contributed by atoms with van der Waals surface area (Å²) in [6, 6.07) is 5.94. The summed E-state index contributed by atoms with van der Waals surface area (Å²) in [6.45, 7) is 8.29. The summed E-state index contributed by atoms with van der Waals surface area (Å²) in [5.41, 5.74) is 3.65. The van der Waals surface area contributed by atoms with Crippen LogP contribution in [-0.4, -0.2) is 11.5 Å². The fourth-order valence-electron chi connectivity index (χ4n) is 2.12. The second kappa shape index (κ2) is 3.55. The van der Waals surface area contributed by atoms with E-state index in [0.717, 1.165) is 22.5 Å². The van der Waals surface area contributed by atoms with Gasteiger partial charge >= 0.3 is 0 Å². The van der Waals surface area contributed by atoms with E-state index in [-0.39, 0.29) is 11.2 Å². The fourth-order valence-corrected chi connectivity index (χ4v) is 2.12. The molecule has 0 aliphatic carbocycles. The van der Waals surface area contributed by atoms with E-state index < -0.39 is 0 Å². The second-order valence-electron chi connectivity index (χ2n) is 5.40. The summed E-state index contributed by atoms with van der Waals surface area (Å²) in [5, 5.41) is 0. The van der Waals surface area contributed by atoms with Gasteiger partial charge in [0.05, 0.1) is 5.69 Å². The predicted octanol–water partition coefficient (Wildman–Crippen LogP) is 3.66. The van der Waals surface area contributed by atoms with Crippen LogP contribution in [0.25, 0.3) is 0 Å². The number of hydrogen-bond donors (Lipinski definition) is 0. The molecule has 0 amide bonds. The number of rotatable bonds is 0. The number of nitrogens with zero attached hydrogens (tertiary/aromatic N) is 1. The maximum absolute atomic E-state index is 12.1. The van der Waals surface area contributed by atoms with Crippen LogP contribution >= 0.6 is 0 Å². The summed E-state index contributed by atoms with van der Waals surface area (Å²) in [6.07, 6.45) is 0.458. The van der Waals surface area contributed by atoms with Crippen LogP contribution in [0.1, 0.15) is 50.0 Å². The highest BCUT2D eigenvalue weighted by atomic mass is 16.1. The molecule has 2 rings (SSSR count). The minimum atomic E-state index is -0.0121. The molecule has 1 aromatic rings. The van der Waals surface area contributed by atoms with Crippen LogP contribution in [0.3, 0.4) is 0 Å². The molecule has 2 nitrogen and oxygen atoms in total. The quantitative estimate of drug-likeness (QED) is 0.649. The van der Waals surface area contributed by atoms with Crippen molar-refractivity contribution in [2.24, 2.45) is 4.99 Å². The summed E-state index contributed by atoms with van der Waals surface area (Å²) < 4.78 is 0. The van der Waals surface area contributed by atoms with Crippen LogP contribution in [-0.2, 0) is 5.41 Å². The fraction of sp³-hybridized carbons (Fsp3) is 0.429. The lowest BCUT2D eigenvalue weighted by Crippen LogP contribution is -2.20. The highest BCUT2D eigenvalue weighted by Crippen LogP contribution is 2.35. The smallest absolute Gasteiger partial charge is 0.170 e. The molecule has 0 saturated carbocycles. The van der Waals surface area contributed by atoms with Gasteiger partial charge in [-0.05, 0) is 24.0 Å². The Labute approximate surface area is 96.4 Å². The average Bonchev–Trinajstić information content (AvgIpc) is 2.14. The molecule has 84 valence electrons. The third kappa shape index (κ3) is 1.80. The molecule has 0 aromatic heterocycles. The highest BCUT2D eigenvalue weighted by Gasteiger charge is 2.26. The minimum Gasteiger partial charge on any atom is -0.294 e. The molecular formula is C14H17NO. The molecule has 1 aliphatic rings. The minimum absolute atomic E-state index is 0.0121. The first-order valence-electron chi connectivity index (χ1n) is 5.60. The molecule has 0 saturated heterocycles. The van der Waals surface area contributed by atoms with E-state index in [1.807, 2.05) is 25.1 Å². The van der Waals surface area contributed by atoms with Gasteiger partial charge in [-0.3, -0.25) is 9.79 Å². The van der Waals surface area contributed by atoms with Crippen molar-refractivity contribution in [3.63, 3.8) is 0 Å². The van der Waals surface area contributed by atoms with Gasteiger partial charge < -0.3 is 0 Å². The zero-order valence-corrected chi connectivity index (χ0v) is 10.3. The molecule has 0 atom stereocenters. The van der Waals surface area contributed by atoms with E-state index in [4.69, 9.17) is 0 Å². The maximum atomic E-state index is 12.1. The SMILES string of the molecule is CC1=Nc2cccc(C(C)(C)C)c2C(=O)C1. The molecule has 0 bridgehead atoms. The monoisotopic (exact) mass is 215 g/mol. The molecule has 0 N–H and O–H groups in total. The predicted molar refractivity (Wildman–Crippen MR) is 66.9 cm³/mol. The Morgan fingerprint density at radius 3 is 2.56 bits per heavy atom. The van der Waals surface area contributed by atoms with E-state index in [1.54, 1.807) is 0 Å². The average molecular weight is 215 g/mol. The lowest BCUT2D eigenvalue weighted by molar-refractivity contribution is 0.0997. The Balaban J connectivity index is 2.69. The van der Waals surface area contributed by atoms with Gasteiger partial charge in [-0.2, -0.15) is 0 Å². The van der Waals surface area contributed by atoms with Gasteiger partial charge in [0.15, 0.2) is 5.78 Å². The van der Waals surface area contributed by atoms with Crippen LogP contribution in [0, 0.1) is 0 Å². The van der Waals surface area contributed by atoms with Crippen molar-refractivity contribution in [1.82, 2.24) is 0 Å². The molecule has 0 fully saturated rings. The van der Waals surface area contributed by atoms with Gasteiger partial charge in [0, 0.05) is 17.7 Å². The molecule has 16 heavy (non-hydrogen) atoms. The summed E-state index contributed by atoms with van der Waals surface area (Å²) in [7, 11) is 0. The van der Waals surface area contributed by atoms with Crippen molar-refractivity contribution in [3.8, 4) is 0 Å². The summed E-state index contributed by atoms with van der Waals surface area (Å²) in [4.78, 5) is 16.5. The first-order chi connectivity index (χ1) is 7.39. The zero-order chi connectivity index (χ0) is 11.9. The van der Waals surface area contributed by atoms with Crippen LogP contribution in [0.2, 0.25) is 0 Å². The Morgan fingerprint density at radius 2 is 1.94 bits per heavy atom. The van der Waals surface area contributed by atoms with Crippen molar-refractivity contribution in [2.45, 2.75) is 39.5 Å². The largest absolute Gasteiger partial charge is 0.294 e. The molecule has 0 spiro atoms. The van der Waals surface area contributed by atoms with Gasteiger partial charge in [0.1, 0.15) is 0 Å². The number of carbonyl (C=O) groups excluding carboxylic acids is 1. The number of carbonyl (C=O) groups is 1. The van der Waals surface area contributed by atoms with Gasteiger partial charge in [-0.25, -0.2) is 0 Å². The van der Waals surface area contributed by atoms with Crippen molar-refractivity contribution in [1.29, 1.82) is 0 Å². The molecule has 0 radical (unpaired) electrons. The molecule has 2 heteroatoms. The molecule has 1 heterocycles. The Bertz CT molecular complexity index is 478. The van der Waals surface area contributed by atoms with E-state index in [9.17, 15) is 4.79 Å².